The molecule has 0 unspecified atom stereocenters. The maximum absolute atomic E-state index is 4.59. The van der Waals surface area contributed by atoms with Crippen LogP contribution < -0.4 is 0 Å². The fourth-order valence-corrected chi connectivity index (χ4v) is 5.37. The molecule has 134 valence electrons. The summed E-state index contributed by atoms with van der Waals surface area (Å²) in [6, 6.07) is 1.98. The van der Waals surface area contributed by atoms with Crippen LogP contribution in [-0.2, 0) is 0 Å². The van der Waals surface area contributed by atoms with E-state index in [0.29, 0.717) is 36.0 Å². The summed E-state index contributed by atoms with van der Waals surface area (Å²) < 4.78 is 0. The highest BCUT2D eigenvalue weighted by molar-refractivity contribution is 5.20. The molecule has 6 atom stereocenters. The molecule has 0 spiro atoms. The molecular weight excluding hydrogens is 298 g/mol. The minimum absolute atomic E-state index is 0.429. The molecule has 5 nitrogen and oxygen atoms in total. The van der Waals surface area contributed by atoms with Gasteiger partial charge < -0.3 is 0 Å². The van der Waals surface area contributed by atoms with Gasteiger partial charge in [0.2, 0.25) is 0 Å². The fraction of sp³-hybridized carbons (Fsp3) is 1.00. The van der Waals surface area contributed by atoms with Crippen LogP contribution in [0.2, 0.25) is 0 Å². The molecule has 5 heteroatoms. The van der Waals surface area contributed by atoms with Crippen molar-refractivity contribution in [1.82, 2.24) is 5.01 Å². The topological polar surface area (TPSA) is 52.7 Å². The second kappa shape index (κ2) is 7.49. The Hall–Kier alpha value is -1.00. The van der Waals surface area contributed by atoms with E-state index in [1.807, 2.05) is 0 Å². The van der Waals surface area contributed by atoms with Crippen molar-refractivity contribution in [3.8, 4) is 0 Å². The Kier molecular flexibility index (Phi) is 5.14. The van der Waals surface area contributed by atoms with Crippen molar-refractivity contribution >= 4 is 0 Å². The first-order valence-corrected chi connectivity index (χ1v) is 10.5. The van der Waals surface area contributed by atoms with Gasteiger partial charge in [0.15, 0.2) is 0 Å². The molecule has 0 amide bonds. The molecule has 2 bridgehead atoms. The van der Waals surface area contributed by atoms with Crippen molar-refractivity contribution in [2.75, 3.05) is 6.54 Å². The Balaban J connectivity index is 1.08. The van der Waals surface area contributed by atoms with Gasteiger partial charge in [0, 0.05) is 18.4 Å². The Morgan fingerprint density at radius 1 is 0.708 bits per heavy atom. The molecule has 2 heterocycles. The summed E-state index contributed by atoms with van der Waals surface area (Å²) >= 11 is 0. The molecule has 2 aliphatic carbocycles. The second-order valence-corrected chi connectivity index (χ2v) is 8.31. The maximum Gasteiger partial charge on any atom is 0.100 e. The van der Waals surface area contributed by atoms with Gasteiger partial charge in [-0.05, 0) is 12.8 Å². The Morgan fingerprint density at radius 3 is 2.00 bits per heavy atom. The summed E-state index contributed by atoms with van der Waals surface area (Å²) in [5.41, 5.74) is 0. The number of unbranched alkanes of at least 4 members (excludes halogenated alkanes) is 9. The zero-order valence-electron chi connectivity index (χ0n) is 15.2. The molecule has 2 aliphatic heterocycles. The number of hydrogen-bond donors (Lipinski definition) is 0. The molecule has 0 aromatic heterocycles. The highest BCUT2D eigenvalue weighted by Gasteiger charge is 2.65. The van der Waals surface area contributed by atoms with Crippen molar-refractivity contribution in [1.29, 1.82) is 0 Å². The predicted molar refractivity (Wildman–Crippen MR) is 95.0 cm³/mol. The monoisotopic (exact) mass is 331 g/mol. The summed E-state index contributed by atoms with van der Waals surface area (Å²) in [5.74, 6) is 1.32. The van der Waals surface area contributed by atoms with Gasteiger partial charge in [-0.25, -0.2) is 0 Å². The van der Waals surface area contributed by atoms with E-state index < -0.39 is 0 Å². The quantitative estimate of drug-likeness (QED) is 0.481. The summed E-state index contributed by atoms with van der Waals surface area (Å²) in [6.45, 7) is 3.38. The van der Waals surface area contributed by atoms with Crippen LogP contribution in [-0.4, -0.2) is 35.7 Å². The number of azo groups is 1. The van der Waals surface area contributed by atoms with E-state index in [4.69, 9.17) is 0 Å². The standard InChI is InChI=1S/C19H33N5/c1-2-3-4-5-6-7-8-9-10-11-12-24-19-15-13-14(18(19)22-23-24)16-17(15)21-20-16/h14-19H,2-13H2,1H3/t14-,15+,16+,17-,18-,19+/m0/s1. The SMILES string of the molecule is CCCCCCCCCCCCN1N=N[C@H]2[C@H]3C[C@H]([C@@H]4N=N[C@H]34)[C@H]21. The van der Waals surface area contributed by atoms with Gasteiger partial charge in [-0.15, -0.1) is 0 Å². The first-order chi connectivity index (χ1) is 11.9. The van der Waals surface area contributed by atoms with E-state index in [2.05, 4.69) is 32.5 Å². The molecule has 0 aromatic carbocycles. The van der Waals surface area contributed by atoms with Crippen molar-refractivity contribution in [2.45, 2.75) is 102 Å². The van der Waals surface area contributed by atoms with Gasteiger partial charge in [0.05, 0.1) is 6.04 Å². The molecule has 0 radical (unpaired) electrons. The second-order valence-electron chi connectivity index (χ2n) is 8.31. The largest absolute Gasteiger partial charge is 0.273 e. The molecule has 0 saturated heterocycles. The molecule has 2 saturated carbocycles. The molecule has 24 heavy (non-hydrogen) atoms. The molecule has 4 aliphatic rings. The lowest BCUT2D eigenvalue weighted by Crippen LogP contribution is -2.52. The smallest absolute Gasteiger partial charge is 0.100 e. The lowest BCUT2D eigenvalue weighted by Gasteiger charge is -2.38. The van der Waals surface area contributed by atoms with Gasteiger partial charge in [0.25, 0.3) is 0 Å². The number of rotatable bonds is 11. The normalized spacial score (nSPS) is 37.8. The van der Waals surface area contributed by atoms with Crippen molar-refractivity contribution in [3.63, 3.8) is 0 Å². The van der Waals surface area contributed by atoms with Gasteiger partial charge in [-0.1, -0.05) is 69.9 Å². The summed E-state index contributed by atoms with van der Waals surface area (Å²) in [6.07, 6.45) is 15.2. The van der Waals surface area contributed by atoms with Crippen LogP contribution in [0.3, 0.4) is 0 Å². The summed E-state index contributed by atoms with van der Waals surface area (Å²) in [7, 11) is 0. The van der Waals surface area contributed by atoms with E-state index >= 15 is 0 Å². The number of fused-ring (bicyclic) bond motifs is 8. The van der Waals surface area contributed by atoms with Crippen LogP contribution in [0, 0.1) is 11.8 Å². The average molecular weight is 332 g/mol. The molecular formula is C19H33N5. The molecule has 0 N–H and O–H groups in total. The highest BCUT2D eigenvalue weighted by Crippen LogP contribution is 2.56. The van der Waals surface area contributed by atoms with E-state index in [1.165, 1.54) is 70.6 Å². The van der Waals surface area contributed by atoms with Crippen LogP contribution in [0.4, 0.5) is 0 Å². The zero-order valence-corrected chi connectivity index (χ0v) is 15.2. The van der Waals surface area contributed by atoms with Crippen LogP contribution in [0.15, 0.2) is 20.6 Å². The first-order valence-electron chi connectivity index (χ1n) is 10.5. The van der Waals surface area contributed by atoms with E-state index in [1.54, 1.807) is 0 Å². The molecule has 0 aromatic rings. The van der Waals surface area contributed by atoms with Gasteiger partial charge in [-0.2, -0.15) is 15.3 Å². The van der Waals surface area contributed by atoms with Gasteiger partial charge in [0.1, 0.15) is 18.1 Å². The third kappa shape index (κ3) is 2.99. The van der Waals surface area contributed by atoms with Crippen molar-refractivity contribution in [3.05, 3.63) is 0 Å². The Labute approximate surface area is 146 Å². The van der Waals surface area contributed by atoms with E-state index in [-0.39, 0.29) is 0 Å². The van der Waals surface area contributed by atoms with Crippen LogP contribution in [0.1, 0.15) is 77.6 Å². The van der Waals surface area contributed by atoms with Crippen molar-refractivity contribution in [2.24, 2.45) is 32.4 Å². The predicted octanol–water partition coefficient (Wildman–Crippen LogP) is 5.18. The van der Waals surface area contributed by atoms with Crippen LogP contribution in [0.25, 0.3) is 0 Å². The van der Waals surface area contributed by atoms with Crippen LogP contribution in [0.5, 0.6) is 0 Å². The fourth-order valence-electron chi connectivity index (χ4n) is 5.37. The van der Waals surface area contributed by atoms with E-state index in [9.17, 15) is 0 Å². The lowest BCUT2D eigenvalue weighted by molar-refractivity contribution is 0.127. The average Bonchev–Trinajstić information content (AvgIpc) is 3.17. The highest BCUT2D eigenvalue weighted by atomic mass is 15.6. The summed E-state index contributed by atoms with van der Waals surface area (Å²) in [5, 5.41) is 20.1. The van der Waals surface area contributed by atoms with E-state index in [0.717, 1.165) is 6.54 Å². The minimum Gasteiger partial charge on any atom is -0.273 e. The third-order valence-corrected chi connectivity index (χ3v) is 6.72. The van der Waals surface area contributed by atoms with Crippen molar-refractivity contribution < 1.29 is 0 Å². The van der Waals surface area contributed by atoms with Crippen LogP contribution >= 0.6 is 0 Å². The van der Waals surface area contributed by atoms with Gasteiger partial charge >= 0.3 is 0 Å². The molecule has 4 rings (SSSR count). The van der Waals surface area contributed by atoms with Gasteiger partial charge in [-0.3, -0.25) is 5.01 Å². The number of hydrogen-bond acceptors (Lipinski definition) is 5. The Morgan fingerprint density at radius 2 is 1.33 bits per heavy atom. The molecule has 2 fully saturated rings. The minimum atomic E-state index is 0.429. The maximum atomic E-state index is 4.59. The first kappa shape index (κ1) is 16.5. The number of nitrogens with zero attached hydrogens (tertiary/aromatic N) is 5. The summed E-state index contributed by atoms with van der Waals surface area (Å²) in [4.78, 5) is 0. The Bertz CT molecular complexity index is 476. The lowest BCUT2D eigenvalue weighted by atomic mass is 9.82. The third-order valence-electron chi connectivity index (χ3n) is 6.72. The zero-order chi connectivity index (χ0) is 16.4.